The molecule has 9 heteroatoms. The zero-order chi connectivity index (χ0) is 22.5. The molecule has 166 valence electrons. The summed E-state index contributed by atoms with van der Waals surface area (Å²) in [5.74, 6) is 0.130. The fraction of sp³-hybridized carbons (Fsp3) is 0.364. The minimum Gasteiger partial charge on any atom is -0.494 e. The van der Waals surface area contributed by atoms with Crippen LogP contribution >= 0.6 is 34.8 Å². The van der Waals surface area contributed by atoms with Gasteiger partial charge in [-0.2, -0.15) is 0 Å². The molecular formula is C22H24Cl3N3O3. The summed E-state index contributed by atoms with van der Waals surface area (Å²) in [5.41, 5.74) is 1.72. The molecule has 0 aliphatic carbocycles. The summed E-state index contributed by atoms with van der Waals surface area (Å²) in [6, 6.07) is 8.36. The number of carbonyl (C=O) groups is 2. The van der Waals surface area contributed by atoms with Crippen molar-refractivity contribution in [2.24, 2.45) is 0 Å². The second-order valence-corrected chi connectivity index (χ2v) is 8.46. The summed E-state index contributed by atoms with van der Waals surface area (Å²) >= 11 is 18.5. The van der Waals surface area contributed by atoms with E-state index in [-0.39, 0.29) is 21.9 Å². The molecule has 0 bridgehead atoms. The first-order valence-corrected chi connectivity index (χ1v) is 11.1. The molecule has 2 aromatic rings. The van der Waals surface area contributed by atoms with E-state index in [4.69, 9.17) is 39.5 Å². The van der Waals surface area contributed by atoms with Gasteiger partial charge < -0.3 is 19.9 Å². The lowest BCUT2D eigenvalue weighted by atomic mass is 10.1. The number of nitrogens with one attached hydrogen (secondary N) is 1. The third-order valence-electron chi connectivity index (χ3n) is 5.11. The van der Waals surface area contributed by atoms with Crippen LogP contribution in [0.4, 0.5) is 11.4 Å². The number of anilines is 2. The third-order valence-corrected chi connectivity index (χ3v) is 5.90. The van der Waals surface area contributed by atoms with Gasteiger partial charge in [-0.05, 0) is 36.8 Å². The highest BCUT2D eigenvalue weighted by molar-refractivity contribution is 6.38. The van der Waals surface area contributed by atoms with Gasteiger partial charge in [0.05, 0.1) is 28.5 Å². The maximum atomic E-state index is 12.9. The van der Waals surface area contributed by atoms with Gasteiger partial charge >= 0.3 is 0 Å². The van der Waals surface area contributed by atoms with Crippen molar-refractivity contribution < 1.29 is 14.3 Å². The Bertz CT molecular complexity index is 953. The Morgan fingerprint density at radius 2 is 1.68 bits per heavy atom. The van der Waals surface area contributed by atoms with Gasteiger partial charge in [0.25, 0.3) is 5.91 Å². The minimum atomic E-state index is -0.369. The molecule has 2 amide bonds. The highest BCUT2D eigenvalue weighted by Gasteiger charge is 2.23. The molecule has 0 aromatic heterocycles. The molecule has 1 aliphatic rings. The van der Waals surface area contributed by atoms with E-state index in [1.807, 2.05) is 17.9 Å². The second-order valence-electron chi connectivity index (χ2n) is 7.21. The molecule has 0 radical (unpaired) electrons. The standard InChI is InChI=1S/C22H24Cl3N3O3/c1-3-4-20(29)28-9-7-27(8-10-28)19-6-5-15(23)13-18(19)26-22(30)14-11-16(24)21(31-2)17(25)12-14/h5-6,11-13H,3-4,7-10H2,1-2H3,(H,26,30). The first kappa shape index (κ1) is 23.5. The largest absolute Gasteiger partial charge is 0.494 e. The number of nitrogens with zero attached hydrogens (tertiary/aromatic N) is 2. The van der Waals surface area contributed by atoms with Gasteiger partial charge in [-0.1, -0.05) is 41.7 Å². The first-order chi connectivity index (χ1) is 14.8. The van der Waals surface area contributed by atoms with Crippen molar-refractivity contribution in [1.82, 2.24) is 4.90 Å². The summed E-state index contributed by atoms with van der Waals surface area (Å²) in [4.78, 5) is 29.1. The molecule has 3 rings (SSSR count). The maximum Gasteiger partial charge on any atom is 0.255 e. The van der Waals surface area contributed by atoms with Crippen LogP contribution in [-0.2, 0) is 4.79 Å². The Morgan fingerprint density at radius 1 is 1.03 bits per heavy atom. The summed E-state index contributed by atoms with van der Waals surface area (Å²) < 4.78 is 5.14. The van der Waals surface area contributed by atoms with Crippen molar-refractivity contribution in [3.05, 3.63) is 51.0 Å². The van der Waals surface area contributed by atoms with Crippen LogP contribution in [0.25, 0.3) is 0 Å². The predicted octanol–water partition coefficient (Wildman–Crippen LogP) is 5.36. The number of benzene rings is 2. The Kier molecular flexibility index (Phi) is 7.92. The monoisotopic (exact) mass is 483 g/mol. The van der Waals surface area contributed by atoms with Gasteiger partial charge in [0.2, 0.25) is 5.91 Å². The summed E-state index contributed by atoms with van der Waals surface area (Å²) in [7, 11) is 1.46. The van der Waals surface area contributed by atoms with E-state index in [1.54, 1.807) is 12.1 Å². The lowest BCUT2D eigenvalue weighted by Crippen LogP contribution is -2.48. The van der Waals surface area contributed by atoms with E-state index in [0.29, 0.717) is 54.6 Å². The maximum absolute atomic E-state index is 12.9. The van der Waals surface area contributed by atoms with Gasteiger partial charge in [-0.25, -0.2) is 0 Å². The lowest BCUT2D eigenvalue weighted by Gasteiger charge is -2.37. The number of methoxy groups -OCH3 is 1. The molecule has 0 spiro atoms. The van der Waals surface area contributed by atoms with Crippen LogP contribution in [0, 0.1) is 0 Å². The van der Waals surface area contributed by atoms with Crippen LogP contribution < -0.4 is 15.0 Å². The lowest BCUT2D eigenvalue weighted by molar-refractivity contribution is -0.131. The van der Waals surface area contributed by atoms with E-state index in [0.717, 1.165) is 12.1 Å². The number of halogens is 3. The fourth-order valence-electron chi connectivity index (χ4n) is 3.53. The summed E-state index contributed by atoms with van der Waals surface area (Å²) in [5, 5.41) is 3.91. The van der Waals surface area contributed by atoms with E-state index in [1.165, 1.54) is 19.2 Å². The van der Waals surface area contributed by atoms with Gasteiger partial charge in [0, 0.05) is 43.2 Å². The van der Waals surface area contributed by atoms with Crippen molar-refractivity contribution in [3.8, 4) is 5.75 Å². The van der Waals surface area contributed by atoms with Crippen LogP contribution in [0.5, 0.6) is 5.75 Å². The van der Waals surface area contributed by atoms with Crippen molar-refractivity contribution >= 4 is 58.0 Å². The Balaban J connectivity index is 1.78. The van der Waals surface area contributed by atoms with E-state index >= 15 is 0 Å². The molecule has 1 heterocycles. The molecule has 6 nitrogen and oxygen atoms in total. The van der Waals surface area contributed by atoms with E-state index in [9.17, 15) is 9.59 Å². The number of hydrogen-bond donors (Lipinski definition) is 1. The summed E-state index contributed by atoms with van der Waals surface area (Å²) in [6.07, 6.45) is 1.40. The number of amides is 2. The third kappa shape index (κ3) is 5.56. The van der Waals surface area contributed by atoms with Crippen LogP contribution in [-0.4, -0.2) is 50.0 Å². The molecule has 0 unspecified atom stereocenters. The Morgan fingerprint density at radius 3 is 2.26 bits per heavy atom. The Hall–Kier alpha value is -2.15. The highest BCUT2D eigenvalue weighted by atomic mass is 35.5. The number of piperazine rings is 1. The molecular weight excluding hydrogens is 461 g/mol. The topological polar surface area (TPSA) is 61.9 Å². The molecule has 1 aliphatic heterocycles. The second kappa shape index (κ2) is 10.4. The zero-order valence-electron chi connectivity index (χ0n) is 17.4. The van der Waals surface area contributed by atoms with Gasteiger partial charge in [0.1, 0.15) is 0 Å². The molecule has 2 aromatic carbocycles. The smallest absolute Gasteiger partial charge is 0.255 e. The fourth-order valence-corrected chi connectivity index (χ4v) is 4.35. The van der Waals surface area contributed by atoms with Gasteiger partial charge in [-0.3, -0.25) is 9.59 Å². The molecule has 1 saturated heterocycles. The van der Waals surface area contributed by atoms with Crippen molar-refractivity contribution in [2.45, 2.75) is 19.8 Å². The SMILES string of the molecule is CCCC(=O)N1CCN(c2ccc(Cl)cc2NC(=O)c2cc(Cl)c(OC)c(Cl)c2)CC1. The molecule has 0 saturated carbocycles. The minimum absolute atomic E-state index is 0.181. The number of rotatable bonds is 6. The van der Waals surface area contributed by atoms with Crippen molar-refractivity contribution in [1.29, 1.82) is 0 Å². The van der Waals surface area contributed by atoms with Crippen LogP contribution in [0.15, 0.2) is 30.3 Å². The van der Waals surface area contributed by atoms with Gasteiger partial charge in [-0.15, -0.1) is 0 Å². The molecule has 1 fully saturated rings. The van der Waals surface area contributed by atoms with E-state index < -0.39 is 0 Å². The predicted molar refractivity (Wildman–Crippen MR) is 126 cm³/mol. The molecule has 31 heavy (non-hydrogen) atoms. The number of carbonyl (C=O) groups excluding carboxylic acids is 2. The average Bonchev–Trinajstić information content (AvgIpc) is 2.74. The van der Waals surface area contributed by atoms with Crippen LogP contribution in [0.2, 0.25) is 15.1 Å². The van der Waals surface area contributed by atoms with E-state index in [2.05, 4.69) is 10.2 Å². The highest BCUT2D eigenvalue weighted by Crippen LogP contribution is 2.35. The number of hydrogen-bond acceptors (Lipinski definition) is 4. The Labute approximate surface area is 197 Å². The van der Waals surface area contributed by atoms with Gasteiger partial charge in [0.15, 0.2) is 5.75 Å². The van der Waals surface area contributed by atoms with Crippen molar-refractivity contribution in [3.63, 3.8) is 0 Å². The van der Waals surface area contributed by atoms with Crippen LogP contribution in [0.1, 0.15) is 30.1 Å². The zero-order valence-corrected chi connectivity index (χ0v) is 19.7. The normalized spacial score (nSPS) is 13.8. The average molecular weight is 485 g/mol. The first-order valence-electron chi connectivity index (χ1n) is 10.0. The van der Waals surface area contributed by atoms with Crippen molar-refractivity contribution in [2.75, 3.05) is 43.5 Å². The molecule has 0 atom stereocenters. The summed E-state index contributed by atoms with van der Waals surface area (Å²) in [6.45, 7) is 4.61. The molecule has 1 N–H and O–H groups in total. The number of ether oxygens (including phenoxy) is 1. The van der Waals surface area contributed by atoms with Crippen LogP contribution in [0.3, 0.4) is 0 Å². The quantitative estimate of drug-likeness (QED) is 0.600.